The number of hydrogen-bond acceptors (Lipinski definition) is 6. The maximum atomic E-state index is 13.9. The van der Waals surface area contributed by atoms with Gasteiger partial charge in [-0.25, -0.2) is 9.97 Å². The highest BCUT2D eigenvalue weighted by Gasteiger charge is 2.54. The minimum Gasteiger partial charge on any atom is -0.353 e. The van der Waals surface area contributed by atoms with Crippen LogP contribution in [0, 0.1) is 5.41 Å². The van der Waals surface area contributed by atoms with Crippen LogP contribution < -0.4 is 10.2 Å². The lowest BCUT2D eigenvalue weighted by molar-refractivity contribution is -0.126. The first kappa shape index (κ1) is 24.0. The Balaban J connectivity index is 1.07. The molecule has 8 heteroatoms. The number of carbonyl (C=O) groups excluding carboxylic acids is 2. The number of nitrogens with zero attached hydrogens (tertiary/aromatic N) is 4. The van der Waals surface area contributed by atoms with E-state index in [2.05, 4.69) is 75.6 Å². The number of hydrogen-bond donors (Lipinski definition) is 1. The maximum Gasteiger partial charge on any atom is 0.273 e. The molecule has 1 fully saturated rings. The number of amides is 2. The lowest BCUT2D eigenvalue weighted by Crippen LogP contribution is -2.49. The van der Waals surface area contributed by atoms with Crippen molar-refractivity contribution >= 4 is 34.1 Å². The summed E-state index contributed by atoms with van der Waals surface area (Å²) in [5.41, 5.74) is 4.90. The fourth-order valence-electron chi connectivity index (χ4n) is 6.70. The number of pyridine rings is 1. The van der Waals surface area contributed by atoms with Crippen molar-refractivity contribution in [3.8, 4) is 0 Å². The van der Waals surface area contributed by atoms with E-state index >= 15 is 0 Å². The number of nitrogens with one attached hydrogen (secondary N) is 1. The smallest absolute Gasteiger partial charge is 0.273 e. The van der Waals surface area contributed by atoms with E-state index in [-0.39, 0.29) is 23.7 Å². The Hall–Kier alpha value is -4.04. The molecule has 0 radical (unpaired) electrons. The van der Waals surface area contributed by atoms with E-state index in [9.17, 15) is 9.59 Å². The molecule has 2 bridgehead atoms. The third kappa shape index (κ3) is 3.93. The van der Waals surface area contributed by atoms with Crippen molar-refractivity contribution in [2.75, 3.05) is 36.4 Å². The highest BCUT2D eigenvalue weighted by molar-refractivity contribution is 7.14. The molecular formula is C31H29N5O2S. The standard InChI is InChI=1S/C31H29N5O2S/c1-31(18-24-20-8-2-4-10-22(20)27(31)23-11-5-3-9-21(23)24)29(38)34-30-33-25(19-39-30)28(37)36-16-14-35(15-17-36)26-12-6-7-13-32-26/h2-13,19,24,27H,14-18H2,1H3,(H,33,34,38). The average molecular weight is 536 g/mol. The lowest BCUT2D eigenvalue weighted by atomic mass is 9.52. The Morgan fingerprint density at radius 2 is 1.54 bits per heavy atom. The van der Waals surface area contributed by atoms with Crippen LogP contribution in [0.4, 0.5) is 10.9 Å². The van der Waals surface area contributed by atoms with E-state index in [4.69, 9.17) is 0 Å². The average Bonchev–Trinajstić information content (AvgIpc) is 3.46. The molecule has 2 aromatic heterocycles. The second-order valence-corrected chi connectivity index (χ2v) is 11.7. The summed E-state index contributed by atoms with van der Waals surface area (Å²) in [6.45, 7) is 4.73. The molecule has 0 saturated carbocycles. The van der Waals surface area contributed by atoms with Crippen molar-refractivity contribution in [3.63, 3.8) is 0 Å². The number of benzene rings is 2. The van der Waals surface area contributed by atoms with Gasteiger partial charge < -0.3 is 15.1 Å². The monoisotopic (exact) mass is 535 g/mol. The lowest BCUT2D eigenvalue weighted by Gasteiger charge is -2.50. The van der Waals surface area contributed by atoms with Crippen molar-refractivity contribution in [2.45, 2.75) is 25.2 Å². The highest BCUT2D eigenvalue weighted by atomic mass is 32.1. The van der Waals surface area contributed by atoms with Crippen LogP contribution >= 0.6 is 11.3 Å². The zero-order valence-corrected chi connectivity index (χ0v) is 22.5. The number of fused-ring (bicyclic) bond motifs is 1. The Morgan fingerprint density at radius 3 is 2.18 bits per heavy atom. The largest absolute Gasteiger partial charge is 0.353 e. The summed E-state index contributed by atoms with van der Waals surface area (Å²) in [6.07, 6.45) is 2.53. The molecule has 3 aliphatic carbocycles. The molecule has 1 atom stereocenters. The van der Waals surface area contributed by atoms with Gasteiger partial charge >= 0.3 is 0 Å². The van der Waals surface area contributed by atoms with Gasteiger partial charge in [0.15, 0.2) is 5.13 Å². The van der Waals surface area contributed by atoms with Gasteiger partial charge in [-0.2, -0.15) is 0 Å². The van der Waals surface area contributed by atoms with Gasteiger partial charge in [0.05, 0.1) is 5.41 Å². The summed E-state index contributed by atoms with van der Waals surface area (Å²) in [5.74, 6) is 0.957. The Morgan fingerprint density at radius 1 is 0.897 bits per heavy atom. The van der Waals surface area contributed by atoms with E-state index in [1.54, 1.807) is 11.6 Å². The molecule has 4 aromatic rings. The summed E-state index contributed by atoms with van der Waals surface area (Å²) in [7, 11) is 0. The van der Waals surface area contributed by atoms with E-state index in [1.807, 2.05) is 23.1 Å². The number of carbonyl (C=O) groups is 2. The molecular weight excluding hydrogens is 506 g/mol. The first-order chi connectivity index (χ1) is 19.0. The second kappa shape index (κ2) is 9.31. The van der Waals surface area contributed by atoms with Crippen LogP contribution in [0.25, 0.3) is 0 Å². The number of rotatable bonds is 4. The minimum atomic E-state index is -0.620. The molecule has 196 valence electrons. The molecule has 1 N–H and O–H groups in total. The molecule has 7 nitrogen and oxygen atoms in total. The fourth-order valence-corrected chi connectivity index (χ4v) is 7.38. The van der Waals surface area contributed by atoms with Gasteiger partial charge in [0.2, 0.25) is 5.91 Å². The van der Waals surface area contributed by atoms with Crippen molar-refractivity contribution in [1.82, 2.24) is 14.9 Å². The van der Waals surface area contributed by atoms with Gasteiger partial charge in [-0.1, -0.05) is 54.6 Å². The number of anilines is 2. The molecule has 2 amide bonds. The predicted octanol–water partition coefficient (Wildman–Crippen LogP) is 5.13. The zero-order chi connectivity index (χ0) is 26.6. The van der Waals surface area contributed by atoms with Crippen molar-refractivity contribution in [3.05, 3.63) is 106 Å². The van der Waals surface area contributed by atoms with Gasteiger partial charge in [-0.15, -0.1) is 11.3 Å². The highest BCUT2D eigenvalue weighted by Crippen LogP contribution is 2.61. The molecule has 1 unspecified atom stereocenters. The predicted molar refractivity (Wildman–Crippen MR) is 152 cm³/mol. The summed E-state index contributed by atoms with van der Waals surface area (Å²) in [5, 5.41) is 5.31. The van der Waals surface area contributed by atoms with Crippen molar-refractivity contribution in [1.29, 1.82) is 0 Å². The molecule has 8 rings (SSSR count). The normalized spacial score (nSPS) is 23.2. The molecule has 0 spiro atoms. The third-order valence-electron chi connectivity index (χ3n) is 8.63. The number of thiazole rings is 1. The van der Waals surface area contributed by atoms with Crippen LogP contribution in [0.2, 0.25) is 0 Å². The van der Waals surface area contributed by atoms with Gasteiger partial charge in [0.1, 0.15) is 11.5 Å². The molecule has 1 saturated heterocycles. The first-order valence-electron chi connectivity index (χ1n) is 13.4. The Labute approximate surface area is 231 Å². The van der Waals surface area contributed by atoms with Gasteiger partial charge in [-0.3, -0.25) is 9.59 Å². The quantitative estimate of drug-likeness (QED) is 0.392. The van der Waals surface area contributed by atoms with Crippen LogP contribution in [-0.4, -0.2) is 52.9 Å². The molecule has 3 heterocycles. The molecule has 2 aromatic carbocycles. The van der Waals surface area contributed by atoms with Crippen LogP contribution in [0.1, 0.15) is 57.9 Å². The topological polar surface area (TPSA) is 78.4 Å². The second-order valence-electron chi connectivity index (χ2n) is 10.8. The van der Waals surface area contributed by atoms with Gasteiger partial charge in [0, 0.05) is 49.6 Å². The van der Waals surface area contributed by atoms with E-state index < -0.39 is 5.41 Å². The Kier molecular flexibility index (Phi) is 5.74. The molecule has 39 heavy (non-hydrogen) atoms. The molecule has 1 aliphatic heterocycles. The summed E-state index contributed by atoms with van der Waals surface area (Å²) in [6, 6.07) is 22.9. The third-order valence-corrected chi connectivity index (χ3v) is 9.39. The molecule has 4 aliphatic rings. The summed E-state index contributed by atoms with van der Waals surface area (Å²) >= 11 is 1.31. The summed E-state index contributed by atoms with van der Waals surface area (Å²) < 4.78 is 0. The first-order valence-corrected chi connectivity index (χ1v) is 14.3. The Bertz CT molecular complexity index is 1510. The summed E-state index contributed by atoms with van der Waals surface area (Å²) in [4.78, 5) is 40.1. The minimum absolute atomic E-state index is 0.0219. The van der Waals surface area contributed by atoms with Crippen LogP contribution in [0.5, 0.6) is 0 Å². The van der Waals surface area contributed by atoms with Crippen molar-refractivity contribution < 1.29 is 9.59 Å². The number of piperazine rings is 1. The van der Waals surface area contributed by atoms with E-state index in [0.29, 0.717) is 23.9 Å². The van der Waals surface area contributed by atoms with Crippen LogP contribution in [0.15, 0.2) is 78.3 Å². The van der Waals surface area contributed by atoms with Crippen LogP contribution in [0.3, 0.4) is 0 Å². The van der Waals surface area contributed by atoms with Gasteiger partial charge in [0.25, 0.3) is 5.91 Å². The van der Waals surface area contributed by atoms with Gasteiger partial charge in [-0.05, 0) is 47.7 Å². The van der Waals surface area contributed by atoms with Crippen molar-refractivity contribution in [2.24, 2.45) is 5.41 Å². The maximum absolute atomic E-state index is 13.9. The SMILES string of the molecule is CC1(C(=O)Nc2nc(C(=O)N3CCN(c4ccccn4)CC3)cs2)CC2c3ccccc3C1c1ccccc12. The van der Waals surface area contributed by atoms with E-state index in [0.717, 1.165) is 25.3 Å². The zero-order valence-electron chi connectivity index (χ0n) is 21.7. The number of aromatic nitrogens is 2. The van der Waals surface area contributed by atoms with E-state index in [1.165, 1.54) is 33.6 Å². The van der Waals surface area contributed by atoms with Crippen LogP contribution in [-0.2, 0) is 4.79 Å². The fraction of sp³-hybridized carbons (Fsp3) is 0.290.